The lowest BCUT2D eigenvalue weighted by atomic mass is 9.96. The molecule has 5 heteroatoms. The Morgan fingerprint density at radius 1 is 1.04 bits per heavy atom. The van der Waals surface area contributed by atoms with E-state index in [2.05, 4.69) is 20.8 Å². The second-order valence-electron chi connectivity index (χ2n) is 8.06. The molecule has 0 saturated carbocycles. The lowest BCUT2D eigenvalue weighted by Crippen LogP contribution is -2.14. The molecule has 27 heavy (non-hydrogen) atoms. The fraction of sp³-hybridized carbons (Fsp3) is 0.318. The third-order valence-corrected chi connectivity index (χ3v) is 4.45. The maximum Gasteiger partial charge on any atom is 0.417 e. The van der Waals surface area contributed by atoms with Gasteiger partial charge in [-0.3, -0.25) is 4.79 Å². The smallest absolute Gasteiger partial charge is 0.346 e. The lowest BCUT2D eigenvalue weighted by Gasteiger charge is -2.20. The van der Waals surface area contributed by atoms with Crippen LogP contribution in [0.15, 0.2) is 48.7 Å². The first-order valence-corrected chi connectivity index (χ1v) is 8.78. The molecule has 0 aliphatic rings. The SMILES string of the molecule is CC(=O)c1cn(CC(C)(C)C)c2cc(-c3ccccc3C(F)(F)F)ccc12. The number of ketones is 1. The predicted molar refractivity (Wildman–Crippen MR) is 102 cm³/mol. The molecule has 0 fully saturated rings. The van der Waals surface area contributed by atoms with Gasteiger partial charge in [0, 0.05) is 29.2 Å². The number of carbonyl (C=O) groups excluding carboxylic acids is 1. The minimum atomic E-state index is -4.43. The van der Waals surface area contributed by atoms with E-state index in [1.807, 2.05) is 4.57 Å². The molecule has 0 bridgehead atoms. The summed E-state index contributed by atoms with van der Waals surface area (Å²) in [6, 6.07) is 10.7. The molecule has 3 rings (SSSR count). The molecule has 0 amide bonds. The highest BCUT2D eigenvalue weighted by Gasteiger charge is 2.33. The summed E-state index contributed by atoms with van der Waals surface area (Å²) < 4.78 is 42.2. The number of Topliss-reactive ketones (excluding diaryl/α,β-unsaturated/α-hetero) is 1. The Kier molecular flexibility index (Phi) is 4.66. The van der Waals surface area contributed by atoms with Gasteiger partial charge in [-0.15, -0.1) is 0 Å². The number of aromatic nitrogens is 1. The topological polar surface area (TPSA) is 22.0 Å². The third kappa shape index (κ3) is 3.92. The maximum absolute atomic E-state index is 13.4. The summed E-state index contributed by atoms with van der Waals surface area (Å²) in [5, 5.41) is 0.764. The van der Waals surface area contributed by atoms with Crippen molar-refractivity contribution in [2.24, 2.45) is 5.41 Å². The van der Waals surface area contributed by atoms with Crippen molar-refractivity contribution >= 4 is 16.7 Å². The van der Waals surface area contributed by atoms with Crippen LogP contribution in [-0.2, 0) is 12.7 Å². The molecular formula is C22H22F3NO. The normalized spacial score (nSPS) is 12.6. The summed E-state index contributed by atoms with van der Waals surface area (Å²) in [5.41, 5.74) is 1.28. The summed E-state index contributed by atoms with van der Waals surface area (Å²) in [6.07, 6.45) is -2.62. The van der Waals surface area contributed by atoms with Crippen molar-refractivity contribution in [3.05, 3.63) is 59.8 Å². The molecule has 2 nitrogen and oxygen atoms in total. The Labute approximate surface area is 156 Å². The number of alkyl halides is 3. The van der Waals surface area contributed by atoms with Crippen molar-refractivity contribution in [1.82, 2.24) is 4.57 Å². The minimum absolute atomic E-state index is 0.0418. The standard InChI is InChI=1S/C22H22F3NO/c1-14(27)18-12-26(13-21(2,3)4)20-11-15(9-10-17(18)20)16-7-5-6-8-19(16)22(23,24)25/h5-12H,13H2,1-4H3. The summed E-state index contributed by atoms with van der Waals surface area (Å²) in [7, 11) is 0. The van der Waals surface area contributed by atoms with Crippen LogP contribution in [0.3, 0.4) is 0 Å². The van der Waals surface area contributed by atoms with Gasteiger partial charge >= 0.3 is 6.18 Å². The summed E-state index contributed by atoms with van der Waals surface area (Å²) in [6.45, 7) is 8.39. The molecule has 0 saturated heterocycles. The minimum Gasteiger partial charge on any atom is -0.346 e. The molecular weight excluding hydrogens is 351 g/mol. The van der Waals surface area contributed by atoms with Gasteiger partial charge in [-0.2, -0.15) is 13.2 Å². The van der Waals surface area contributed by atoms with Crippen LogP contribution < -0.4 is 0 Å². The molecule has 142 valence electrons. The zero-order chi connectivity index (χ0) is 20.0. The Bertz CT molecular complexity index is 1010. The Morgan fingerprint density at radius 3 is 2.30 bits per heavy atom. The molecule has 0 N–H and O–H groups in total. The highest BCUT2D eigenvalue weighted by atomic mass is 19.4. The van der Waals surface area contributed by atoms with Crippen LogP contribution >= 0.6 is 0 Å². The van der Waals surface area contributed by atoms with Gasteiger partial charge in [0.2, 0.25) is 0 Å². The summed E-state index contributed by atoms with van der Waals surface area (Å²) in [4.78, 5) is 12.0. The number of nitrogens with zero attached hydrogens (tertiary/aromatic N) is 1. The molecule has 2 aromatic carbocycles. The molecule has 3 aromatic rings. The molecule has 0 atom stereocenters. The number of benzene rings is 2. The van der Waals surface area contributed by atoms with Crippen LogP contribution in [-0.4, -0.2) is 10.4 Å². The van der Waals surface area contributed by atoms with Gasteiger partial charge in [0.25, 0.3) is 0 Å². The van der Waals surface area contributed by atoms with Crippen molar-refractivity contribution in [3.63, 3.8) is 0 Å². The number of fused-ring (bicyclic) bond motifs is 1. The van der Waals surface area contributed by atoms with Gasteiger partial charge < -0.3 is 4.57 Å². The van der Waals surface area contributed by atoms with Crippen LogP contribution in [0.5, 0.6) is 0 Å². The van der Waals surface area contributed by atoms with Crippen molar-refractivity contribution in [1.29, 1.82) is 0 Å². The quantitative estimate of drug-likeness (QED) is 0.476. The molecule has 0 unspecified atom stereocenters. The van der Waals surface area contributed by atoms with E-state index in [-0.39, 0.29) is 16.8 Å². The highest BCUT2D eigenvalue weighted by molar-refractivity contribution is 6.07. The largest absolute Gasteiger partial charge is 0.417 e. The number of hydrogen-bond donors (Lipinski definition) is 0. The van der Waals surface area contributed by atoms with Crippen LogP contribution in [0.2, 0.25) is 0 Å². The van der Waals surface area contributed by atoms with Gasteiger partial charge in [0.1, 0.15) is 0 Å². The van der Waals surface area contributed by atoms with Crippen molar-refractivity contribution in [2.75, 3.05) is 0 Å². The molecule has 0 aliphatic carbocycles. The Hall–Kier alpha value is -2.56. The average molecular weight is 373 g/mol. The molecule has 0 spiro atoms. The maximum atomic E-state index is 13.4. The van der Waals surface area contributed by atoms with Gasteiger partial charge in [-0.25, -0.2) is 0 Å². The fourth-order valence-electron chi connectivity index (χ4n) is 3.36. The van der Waals surface area contributed by atoms with Crippen molar-refractivity contribution in [3.8, 4) is 11.1 Å². The van der Waals surface area contributed by atoms with Crippen LogP contribution in [0, 0.1) is 5.41 Å². The van der Waals surface area contributed by atoms with E-state index in [1.165, 1.54) is 19.1 Å². The first kappa shape index (κ1) is 19.2. The number of rotatable bonds is 3. The van der Waals surface area contributed by atoms with E-state index in [9.17, 15) is 18.0 Å². The highest BCUT2D eigenvalue weighted by Crippen LogP contribution is 2.38. The van der Waals surface area contributed by atoms with E-state index < -0.39 is 11.7 Å². The predicted octanol–water partition coefficient (Wildman–Crippen LogP) is 6.58. The van der Waals surface area contributed by atoms with E-state index >= 15 is 0 Å². The Balaban J connectivity index is 2.24. The number of carbonyl (C=O) groups is 1. The summed E-state index contributed by atoms with van der Waals surface area (Å²) in [5.74, 6) is -0.0592. The zero-order valence-electron chi connectivity index (χ0n) is 15.8. The lowest BCUT2D eigenvalue weighted by molar-refractivity contribution is -0.137. The van der Waals surface area contributed by atoms with Gasteiger partial charge in [-0.1, -0.05) is 51.1 Å². The number of hydrogen-bond acceptors (Lipinski definition) is 1. The third-order valence-electron chi connectivity index (χ3n) is 4.45. The first-order chi connectivity index (χ1) is 12.5. The van der Waals surface area contributed by atoms with Gasteiger partial charge in [0.05, 0.1) is 5.56 Å². The second kappa shape index (κ2) is 6.55. The van der Waals surface area contributed by atoms with E-state index in [4.69, 9.17) is 0 Å². The van der Waals surface area contributed by atoms with Crippen LogP contribution in [0.4, 0.5) is 13.2 Å². The molecule has 0 radical (unpaired) electrons. The first-order valence-electron chi connectivity index (χ1n) is 8.78. The van der Waals surface area contributed by atoms with Crippen LogP contribution in [0.25, 0.3) is 22.0 Å². The second-order valence-corrected chi connectivity index (χ2v) is 8.06. The monoisotopic (exact) mass is 373 g/mol. The van der Waals surface area contributed by atoms with E-state index in [1.54, 1.807) is 30.5 Å². The molecule has 1 aromatic heterocycles. The molecule has 1 heterocycles. The summed E-state index contributed by atoms with van der Waals surface area (Å²) >= 11 is 0. The Morgan fingerprint density at radius 2 is 1.70 bits per heavy atom. The molecule has 0 aliphatic heterocycles. The fourth-order valence-corrected chi connectivity index (χ4v) is 3.36. The van der Waals surface area contributed by atoms with E-state index in [0.717, 1.165) is 17.0 Å². The zero-order valence-corrected chi connectivity index (χ0v) is 15.8. The van der Waals surface area contributed by atoms with Gasteiger partial charge in [0.15, 0.2) is 5.78 Å². The van der Waals surface area contributed by atoms with E-state index in [0.29, 0.717) is 17.7 Å². The van der Waals surface area contributed by atoms with Crippen molar-refractivity contribution < 1.29 is 18.0 Å². The number of halogens is 3. The average Bonchev–Trinajstić information content (AvgIpc) is 2.90. The van der Waals surface area contributed by atoms with Crippen LogP contribution in [0.1, 0.15) is 43.6 Å². The van der Waals surface area contributed by atoms with Crippen molar-refractivity contribution in [2.45, 2.75) is 40.4 Å². The van der Waals surface area contributed by atoms with Gasteiger partial charge in [-0.05, 0) is 35.6 Å².